The van der Waals surface area contributed by atoms with Gasteiger partial charge in [-0.05, 0) is 31.5 Å². The second-order valence-corrected chi connectivity index (χ2v) is 5.64. The van der Waals surface area contributed by atoms with E-state index in [1.807, 2.05) is 23.7 Å². The minimum absolute atomic E-state index is 0.0957. The number of fused-ring (bicyclic) bond motifs is 1. The highest BCUT2D eigenvalue weighted by atomic mass is 15.2. The van der Waals surface area contributed by atoms with Crippen LogP contribution in [0.5, 0.6) is 0 Å². The number of nitrogens with zero attached hydrogens (tertiary/aromatic N) is 6. The van der Waals surface area contributed by atoms with Gasteiger partial charge in [0.25, 0.3) is 0 Å². The lowest BCUT2D eigenvalue weighted by atomic mass is 10.1. The molecule has 0 aliphatic heterocycles. The molecule has 3 heterocycles. The fourth-order valence-corrected chi connectivity index (χ4v) is 2.72. The van der Waals surface area contributed by atoms with E-state index in [0.717, 1.165) is 23.0 Å². The molecule has 0 saturated heterocycles. The highest BCUT2D eigenvalue weighted by Gasteiger charge is 2.11. The Labute approximate surface area is 139 Å². The molecule has 1 N–H and O–H groups in total. The molecule has 4 aromatic rings. The maximum Gasteiger partial charge on any atom is 0.203 e. The minimum Gasteiger partial charge on any atom is -0.360 e. The molecular formula is C17H17N7. The number of aryl methyl sites for hydroxylation is 1. The number of anilines is 1. The van der Waals surface area contributed by atoms with Gasteiger partial charge in [-0.3, -0.25) is 4.40 Å². The van der Waals surface area contributed by atoms with E-state index in [9.17, 15) is 0 Å². The molecule has 0 aliphatic rings. The van der Waals surface area contributed by atoms with Crippen LogP contribution in [0.1, 0.15) is 24.4 Å². The van der Waals surface area contributed by atoms with Crippen molar-refractivity contribution in [3.05, 3.63) is 66.8 Å². The Bertz CT molecular complexity index is 968. The lowest BCUT2D eigenvalue weighted by molar-refractivity contribution is 0.869. The number of imidazole rings is 1. The van der Waals surface area contributed by atoms with Crippen molar-refractivity contribution in [3.8, 4) is 5.69 Å². The third kappa shape index (κ3) is 2.50. The van der Waals surface area contributed by atoms with Gasteiger partial charge in [0.2, 0.25) is 5.65 Å². The zero-order valence-corrected chi connectivity index (χ0v) is 13.5. The molecule has 7 nitrogen and oxygen atoms in total. The summed E-state index contributed by atoms with van der Waals surface area (Å²) in [6, 6.07) is 8.49. The smallest absolute Gasteiger partial charge is 0.203 e. The maximum absolute atomic E-state index is 4.37. The Morgan fingerprint density at radius 2 is 1.83 bits per heavy atom. The number of hydrogen-bond acceptors (Lipinski definition) is 5. The summed E-state index contributed by atoms with van der Waals surface area (Å²) in [5.74, 6) is 1.69. The van der Waals surface area contributed by atoms with Gasteiger partial charge in [0.15, 0.2) is 5.82 Å². The summed E-state index contributed by atoms with van der Waals surface area (Å²) in [4.78, 5) is 8.62. The number of hydrogen-bond donors (Lipinski definition) is 1. The molecule has 0 saturated carbocycles. The van der Waals surface area contributed by atoms with Crippen molar-refractivity contribution in [2.75, 3.05) is 5.32 Å². The van der Waals surface area contributed by atoms with Crippen LogP contribution in [0.3, 0.4) is 0 Å². The molecular weight excluding hydrogens is 302 g/mol. The van der Waals surface area contributed by atoms with Gasteiger partial charge in [0.05, 0.1) is 6.04 Å². The van der Waals surface area contributed by atoms with Crippen molar-refractivity contribution >= 4 is 11.5 Å². The molecule has 7 heteroatoms. The summed E-state index contributed by atoms with van der Waals surface area (Å²) >= 11 is 0. The Morgan fingerprint density at radius 3 is 2.58 bits per heavy atom. The second kappa shape index (κ2) is 5.77. The first-order valence-electron chi connectivity index (χ1n) is 7.73. The van der Waals surface area contributed by atoms with Crippen LogP contribution in [0, 0.1) is 6.92 Å². The molecule has 0 radical (unpaired) electrons. The van der Waals surface area contributed by atoms with Crippen LogP contribution in [0.4, 0.5) is 5.82 Å². The average molecular weight is 319 g/mol. The van der Waals surface area contributed by atoms with Crippen molar-refractivity contribution in [1.29, 1.82) is 0 Å². The highest BCUT2D eigenvalue weighted by molar-refractivity contribution is 5.62. The number of benzene rings is 1. The SMILES string of the molecule is Cc1nccn1-c1ccc(C(C)Nc2nccn3cnnc23)cc1. The Kier molecular flexibility index (Phi) is 3.45. The van der Waals surface area contributed by atoms with E-state index in [4.69, 9.17) is 0 Å². The molecule has 4 rings (SSSR count). The van der Waals surface area contributed by atoms with Crippen LogP contribution in [0.2, 0.25) is 0 Å². The van der Waals surface area contributed by atoms with Crippen molar-refractivity contribution in [2.45, 2.75) is 19.9 Å². The van der Waals surface area contributed by atoms with Crippen LogP contribution >= 0.6 is 0 Å². The lowest BCUT2D eigenvalue weighted by Crippen LogP contribution is -2.09. The first kappa shape index (κ1) is 14.4. The standard InChI is InChI=1S/C17H17N7/c1-12(21-16-17-22-20-11-23(17)9-7-19-16)14-3-5-15(6-4-14)24-10-8-18-13(24)2/h3-12H,1-2H3,(H,19,21). The molecule has 1 unspecified atom stereocenters. The summed E-state index contributed by atoms with van der Waals surface area (Å²) in [6.07, 6.45) is 8.99. The van der Waals surface area contributed by atoms with Gasteiger partial charge >= 0.3 is 0 Å². The number of aromatic nitrogens is 6. The Hall–Kier alpha value is -3.22. The zero-order chi connectivity index (χ0) is 16.5. The summed E-state index contributed by atoms with van der Waals surface area (Å²) in [6.45, 7) is 4.09. The van der Waals surface area contributed by atoms with Crippen molar-refractivity contribution in [1.82, 2.24) is 29.1 Å². The summed E-state index contributed by atoms with van der Waals surface area (Å²) in [7, 11) is 0. The first-order chi connectivity index (χ1) is 11.7. The fraction of sp³-hybridized carbons (Fsp3) is 0.176. The monoisotopic (exact) mass is 319 g/mol. The van der Waals surface area contributed by atoms with E-state index in [2.05, 4.69) is 61.2 Å². The molecule has 0 amide bonds. The summed E-state index contributed by atoms with van der Waals surface area (Å²) < 4.78 is 3.90. The normalized spacial score (nSPS) is 12.4. The average Bonchev–Trinajstić information content (AvgIpc) is 3.24. The van der Waals surface area contributed by atoms with Gasteiger partial charge in [-0.2, -0.15) is 0 Å². The van der Waals surface area contributed by atoms with E-state index in [0.29, 0.717) is 0 Å². The van der Waals surface area contributed by atoms with Gasteiger partial charge in [-0.25, -0.2) is 9.97 Å². The van der Waals surface area contributed by atoms with Crippen molar-refractivity contribution < 1.29 is 0 Å². The quantitative estimate of drug-likeness (QED) is 0.626. The molecule has 0 aliphatic carbocycles. The van der Waals surface area contributed by atoms with E-state index < -0.39 is 0 Å². The van der Waals surface area contributed by atoms with Crippen LogP contribution < -0.4 is 5.32 Å². The molecule has 0 fully saturated rings. The molecule has 1 aromatic carbocycles. The van der Waals surface area contributed by atoms with E-state index in [-0.39, 0.29) is 6.04 Å². The molecule has 24 heavy (non-hydrogen) atoms. The topological polar surface area (TPSA) is 72.9 Å². The maximum atomic E-state index is 4.37. The van der Waals surface area contributed by atoms with Crippen molar-refractivity contribution in [3.63, 3.8) is 0 Å². The van der Waals surface area contributed by atoms with E-state index in [1.54, 1.807) is 18.7 Å². The number of rotatable bonds is 4. The van der Waals surface area contributed by atoms with Crippen LogP contribution in [0.25, 0.3) is 11.3 Å². The predicted octanol–water partition coefficient (Wildman–Crippen LogP) is 2.79. The fourth-order valence-electron chi connectivity index (χ4n) is 2.72. The molecule has 0 bridgehead atoms. The van der Waals surface area contributed by atoms with Crippen LogP contribution in [0.15, 0.2) is 55.4 Å². The van der Waals surface area contributed by atoms with Crippen LogP contribution in [-0.4, -0.2) is 29.1 Å². The van der Waals surface area contributed by atoms with Gasteiger partial charge in [0.1, 0.15) is 12.2 Å². The lowest BCUT2D eigenvalue weighted by Gasteiger charge is -2.16. The highest BCUT2D eigenvalue weighted by Crippen LogP contribution is 2.21. The van der Waals surface area contributed by atoms with Crippen LogP contribution in [-0.2, 0) is 0 Å². The summed E-state index contributed by atoms with van der Waals surface area (Å²) in [5.41, 5.74) is 2.98. The minimum atomic E-state index is 0.0957. The van der Waals surface area contributed by atoms with E-state index in [1.165, 1.54) is 5.56 Å². The molecule has 1 atom stereocenters. The zero-order valence-electron chi connectivity index (χ0n) is 13.5. The Balaban J connectivity index is 1.57. The van der Waals surface area contributed by atoms with Gasteiger partial charge in [0, 0.05) is 30.5 Å². The molecule has 0 spiro atoms. The van der Waals surface area contributed by atoms with Gasteiger partial charge < -0.3 is 9.88 Å². The van der Waals surface area contributed by atoms with Crippen molar-refractivity contribution in [2.24, 2.45) is 0 Å². The molecule has 3 aromatic heterocycles. The number of nitrogens with one attached hydrogen (secondary N) is 1. The summed E-state index contributed by atoms with van der Waals surface area (Å²) in [5, 5.41) is 11.4. The van der Waals surface area contributed by atoms with E-state index >= 15 is 0 Å². The first-order valence-corrected chi connectivity index (χ1v) is 7.73. The third-order valence-electron chi connectivity index (χ3n) is 4.07. The third-order valence-corrected chi connectivity index (χ3v) is 4.07. The van der Waals surface area contributed by atoms with Gasteiger partial charge in [-0.1, -0.05) is 12.1 Å². The largest absolute Gasteiger partial charge is 0.360 e. The Morgan fingerprint density at radius 1 is 1.04 bits per heavy atom. The van der Waals surface area contributed by atoms with Gasteiger partial charge in [-0.15, -0.1) is 10.2 Å². The predicted molar refractivity (Wildman–Crippen MR) is 91.1 cm³/mol. The second-order valence-electron chi connectivity index (χ2n) is 5.64. The molecule has 120 valence electrons.